The van der Waals surface area contributed by atoms with E-state index in [1.165, 1.54) is 0 Å². The van der Waals surface area contributed by atoms with Crippen LogP contribution in [-0.4, -0.2) is 61.5 Å². The lowest BCUT2D eigenvalue weighted by molar-refractivity contribution is -0.134. The summed E-state index contributed by atoms with van der Waals surface area (Å²) >= 11 is 0. The van der Waals surface area contributed by atoms with E-state index in [9.17, 15) is 9.59 Å². The maximum atomic E-state index is 12.7. The van der Waals surface area contributed by atoms with Crippen molar-refractivity contribution in [3.05, 3.63) is 90.0 Å². The van der Waals surface area contributed by atoms with Crippen molar-refractivity contribution < 1.29 is 23.8 Å². The van der Waals surface area contributed by atoms with Gasteiger partial charge in [-0.05, 0) is 54.1 Å². The van der Waals surface area contributed by atoms with Crippen LogP contribution >= 0.6 is 0 Å². The maximum Gasteiger partial charge on any atom is 0.260 e. The highest BCUT2D eigenvalue weighted by Gasteiger charge is 2.25. The van der Waals surface area contributed by atoms with Gasteiger partial charge < -0.3 is 24.0 Å². The highest BCUT2D eigenvalue weighted by atomic mass is 16.5. The Balaban J connectivity index is 1.20. The molecule has 0 atom stereocenters. The molecule has 2 amide bonds. The first-order valence-corrected chi connectivity index (χ1v) is 11.2. The molecule has 0 bridgehead atoms. The third-order valence-corrected chi connectivity index (χ3v) is 5.69. The molecule has 0 radical (unpaired) electrons. The molecular formula is C27H28N2O5. The lowest BCUT2D eigenvalue weighted by Crippen LogP contribution is -2.51. The van der Waals surface area contributed by atoms with Crippen LogP contribution in [0.2, 0.25) is 0 Å². The van der Waals surface area contributed by atoms with E-state index in [-0.39, 0.29) is 18.4 Å². The van der Waals surface area contributed by atoms with Gasteiger partial charge in [0.2, 0.25) is 0 Å². The molecule has 0 N–H and O–H groups in total. The number of ether oxygens (including phenoxy) is 3. The molecule has 1 fully saturated rings. The molecule has 7 heteroatoms. The predicted molar refractivity (Wildman–Crippen MR) is 128 cm³/mol. The molecular weight excluding hydrogens is 432 g/mol. The lowest BCUT2D eigenvalue weighted by Gasteiger charge is -2.34. The zero-order chi connectivity index (χ0) is 23.8. The summed E-state index contributed by atoms with van der Waals surface area (Å²) in [6.07, 6.45) is 0. The quantitative estimate of drug-likeness (QED) is 0.514. The minimum atomic E-state index is -0.0963. The summed E-state index contributed by atoms with van der Waals surface area (Å²) in [5.41, 5.74) is 1.71. The number of hydrogen-bond donors (Lipinski definition) is 0. The third-order valence-electron chi connectivity index (χ3n) is 5.69. The Morgan fingerprint density at radius 2 is 1.26 bits per heavy atom. The normalized spacial score (nSPS) is 13.3. The van der Waals surface area contributed by atoms with Gasteiger partial charge in [-0.3, -0.25) is 9.59 Å². The van der Waals surface area contributed by atoms with E-state index in [1.807, 2.05) is 42.5 Å². The summed E-state index contributed by atoms with van der Waals surface area (Å²) in [6, 6.07) is 24.2. The number of rotatable bonds is 8. The number of hydrogen-bond acceptors (Lipinski definition) is 5. The van der Waals surface area contributed by atoms with Crippen molar-refractivity contribution in [1.82, 2.24) is 9.80 Å². The highest BCUT2D eigenvalue weighted by molar-refractivity contribution is 5.94. The Bertz CT molecular complexity index is 1080. The number of nitrogens with zero attached hydrogens (tertiary/aromatic N) is 2. The fourth-order valence-electron chi connectivity index (χ4n) is 3.68. The standard InChI is InChI=1S/C27H28N2O5/c1-32-23-9-7-22(8-10-23)27(31)29-17-15-28(16-18-29)26(30)20-34-25-13-11-24(12-14-25)33-19-21-5-3-2-4-6-21/h2-14H,15-20H2,1H3. The summed E-state index contributed by atoms with van der Waals surface area (Å²) in [5, 5.41) is 0. The zero-order valence-electron chi connectivity index (χ0n) is 19.2. The molecule has 1 aliphatic rings. The van der Waals surface area contributed by atoms with Crippen LogP contribution in [0, 0.1) is 0 Å². The van der Waals surface area contributed by atoms with Gasteiger partial charge in [-0.1, -0.05) is 30.3 Å². The van der Waals surface area contributed by atoms with Crippen molar-refractivity contribution in [2.24, 2.45) is 0 Å². The smallest absolute Gasteiger partial charge is 0.260 e. The van der Waals surface area contributed by atoms with Crippen molar-refractivity contribution in [3.8, 4) is 17.2 Å². The van der Waals surface area contributed by atoms with E-state index in [1.54, 1.807) is 53.3 Å². The van der Waals surface area contributed by atoms with Crippen LogP contribution in [0.3, 0.4) is 0 Å². The lowest BCUT2D eigenvalue weighted by atomic mass is 10.1. The topological polar surface area (TPSA) is 68.3 Å². The monoisotopic (exact) mass is 460 g/mol. The summed E-state index contributed by atoms with van der Waals surface area (Å²) in [5.74, 6) is 1.91. The number of benzene rings is 3. The molecule has 3 aromatic carbocycles. The van der Waals surface area contributed by atoms with Gasteiger partial charge in [-0.25, -0.2) is 0 Å². The Kier molecular flexibility index (Phi) is 7.65. The zero-order valence-corrected chi connectivity index (χ0v) is 19.2. The Morgan fingerprint density at radius 3 is 1.88 bits per heavy atom. The van der Waals surface area contributed by atoms with Gasteiger partial charge in [0.25, 0.3) is 11.8 Å². The van der Waals surface area contributed by atoms with Crippen molar-refractivity contribution in [3.63, 3.8) is 0 Å². The number of methoxy groups -OCH3 is 1. The second-order valence-electron chi connectivity index (χ2n) is 7.94. The first-order chi connectivity index (χ1) is 16.6. The van der Waals surface area contributed by atoms with E-state index in [2.05, 4.69) is 0 Å². The van der Waals surface area contributed by atoms with Crippen LogP contribution in [0.4, 0.5) is 0 Å². The van der Waals surface area contributed by atoms with Crippen molar-refractivity contribution in [2.45, 2.75) is 6.61 Å². The van der Waals surface area contributed by atoms with Crippen LogP contribution in [0.15, 0.2) is 78.9 Å². The fourth-order valence-corrected chi connectivity index (χ4v) is 3.68. The van der Waals surface area contributed by atoms with Crippen LogP contribution in [0.1, 0.15) is 15.9 Å². The molecule has 0 unspecified atom stereocenters. The predicted octanol–water partition coefficient (Wildman–Crippen LogP) is 3.64. The molecule has 0 aliphatic carbocycles. The van der Waals surface area contributed by atoms with E-state index in [0.29, 0.717) is 49.8 Å². The summed E-state index contributed by atoms with van der Waals surface area (Å²) in [7, 11) is 1.59. The molecule has 1 heterocycles. The minimum absolute atomic E-state index is 0.0411. The van der Waals surface area contributed by atoms with Crippen molar-refractivity contribution >= 4 is 11.8 Å². The SMILES string of the molecule is COc1ccc(C(=O)N2CCN(C(=O)COc3ccc(OCc4ccccc4)cc3)CC2)cc1. The first kappa shape index (κ1) is 23.2. The minimum Gasteiger partial charge on any atom is -0.497 e. The molecule has 176 valence electrons. The molecule has 0 saturated carbocycles. The second-order valence-corrected chi connectivity index (χ2v) is 7.94. The summed E-state index contributed by atoms with van der Waals surface area (Å²) in [6.45, 7) is 2.39. The average molecular weight is 461 g/mol. The van der Waals surface area contributed by atoms with Gasteiger partial charge in [0.15, 0.2) is 6.61 Å². The number of amides is 2. The van der Waals surface area contributed by atoms with E-state index in [0.717, 1.165) is 11.3 Å². The van der Waals surface area contributed by atoms with Crippen LogP contribution in [0.5, 0.6) is 17.2 Å². The molecule has 7 nitrogen and oxygen atoms in total. The van der Waals surface area contributed by atoms with Gasteiger partial charge in [-0.15, -0.1) is 0 Å². The van der Waals surface area contributed by atoms with Crippen LogP contribution in [-0.2, 0) is 11.4 Å². The second kappa shape index (κ2) is 11.2. The van der Waals surface area contributed by atoms with E-state index >= 15 is 0 Å². The van der Waals surface area contributed by atoms with Gasteiger partial charge in [0.1, 0.15) is 23.9 Å². The molecule has 0 aromatic heterocycles. The van der Waals surface area contributed by atoms with Crippen molar-refractivity contribution in [1.29, 1.82) is 0 Å². The Labute approximate surface area is 199 Å². The molecule has 0 spiro atoms. The van der Waals surface area contributed by atoms with Gasteiger partial charge in [0, 0.05) is 31.7 Å². The molecule has 1 saturated heterocycles. The molecule has 3 aromatic rings. The van der Waals surface area contributed by atoms with E-state index in [4.69, 9.17) is 14.2 Å². The molecule has 4 rings (SSSR count). The van der Waals surface area contributed by atoms with Gasteiger partial charge in [-0.2, -0.15) is 0 Å². The average Bonchev–Trinajstić information content (AvgIpc) is 2.91. The van der Waals surface area contributed by atoms with Gasteiger partial charge in [0.05, 0.1) is 7.11 Å². The molecule has 34 heavy (non-hydrogen) atoms. The summed E-state index contributed by atoms with van der Waals surface area (Å²) in [4.78, 5) is 28.8. The maximum absolute atomic E-state index is 12.7. The highest BCUT2D eigenvalue weighted by Crippen LogP contribution is 2.19. The fraction of sp³-hybridized carbons (Fsp3) is 0.259. The van der Waals surface area contributed by atoms with Crippen LogP contribution < -0.4 is 14.2 Å². The number of carbonyl (C=O) groups is 2. The number of piperazine rings is 1. The Morgan fingerprint density at radius 1 is 0.706 bits per heavy atom. The summed E-state index contributed by atoms with van der Waals surface area (Å²) < 4.78 is 16.6. The molecule has 1 aliphatic heterocycles. The Hall–Kier alpha value is -4.00. The van der Waals surface area contributed by atoms with E-state index < -0.39 is 0 Å². The van der Waals surface area contributed by atoms with Gasteiger partial charge >= 0.3 is 0 Å². The third kappa shape index (κ3) is 6.07. The first-order valence-electron chi connectivity index (χ1n) is 11.2. The van der Waals surface area contributed by atoms with Crippen molar-refractivity contribution in [2.75, 3.05) is 39.9 Å². The van der Waals surface area contributed by atoms with Crippen LogP contribution in [0.25, 0.3) is 0 Å². The number of carbonyl (C=O) groups excluding carboxylic acids is 2. The largest absolute Gasteiger partial charge is 0.497 e.